The second-order valence-electron chi connectivity index (χ2n) is 3.76. The molecule has 0 unspecified atom stereocenters. The summed E-state index contributed by atoms with van der Waals surface area (Å²) in [5.41, 5.74) is 0. The Labute approximate surface area is 104 Å². The molecule has 0 aliphatic heterocycles. The molecule has 0 radical (unpaired) electrons. The van der Waals surface area contributed by atoms with Crippen molar-refractivity contribution in [2.24, 2.45) is 0 Å². The first kappa shape index (κ1) is 15.2. The van der Waals surface area contributed by atoms with E-state index in [1.54, 1.807) is 0 Å². The monoisotopic (exact) mass is 249 g/mol. The minimum atomic E-state index is 0.627. The lowest BCUT2D eigenvalue weighted by Gasteiger charge is -2.23. The zero-order chi connectivity index (χ0) is 11.5. The molecule has 0 aromatic rings. The topological polar surface area (TPSA) is 23.5 Å². The lowest BCUT2D eigenvalue weighted by molar-refractivity contribution is 0.401. The number of unbranched alkanes of at least 4 members (excludes halogenated alkanes) is 4. The van der Waals surface area contributed by atoms with Crippen molar-refractivity contribution >= 4 is 28.6 Å². The molecule has 0 rings (SSSR count). The summed E-state index contributed by atoms with van der Waals surface area (Å²) < 4.78 is 9.58. The van der Waals surface area contributed by atoms with E-state index in [0.29, 0.717) is 16.4 Å². The van der Waals surface area contributed by atoms with Crippen molar-refractivity contribution in [1.29, 1.82) is 0 Å². The fraction of sp³-hybridized carbons (Fsp3) is 0.909. The van der Waals surface area contributed by atoms with Crippen LogP contribution in [0.1, 0.15) is 52.4 Å². The van der Waals surface area contributed by atoms with Crippen LogP contribution in [0.2, 0.25) is 0 Å². The standard InChI is InChI=1S/C11H23NOS2/c1-3-5-7-9-12(11(14)15-13)10-8-6-4-2/h13H,3-10H2,1-2H3. The molecule has 0 saturated heterocycles. The molecule has 0 aromatic carbocycles. The van der Waals surface area contributed by atoms with Gasteiger partial charge >= 0.3 is 0 Å². The molecule has 0 saturated carbocycles. The molecule has 0 aromatic heterocycles. The summed E-state index contributed by atoms with van der Waals surface area (Å²) in [6, 6.07) is 0. The second-order valence-corrected chi connectivity index (χ2v) is 4.97. The van der Waals surface area contributed by atoms with Crippen LogP contribution in [0.5, 0.6) is 0 Å². The van der Waals surface area contributed by atoms with Crippen LogP contribution in [0, 0.1) is 0 Å². The molecular formula is C11H23NOS2. The van der Waals surface area contributed by atoms with Crippen molar-refractivity contribution < 1.29 is 4.55 Å². The summed E-state index contributed by atoms with van der Waals surface area (Å²) in [6.07, 6.45) is 7.27. The molecule has 0 aliphatic rings. The van der Waals surface area contributed by atoms with Gasteiger partial charge in [0.25, 0.3) is 0 Å². The molecule has 90 valence electrons. The molecule has 0 bridgehead atoms. The third kappa shape index (κ3) is 8.05. The highest BCUT2D eigenvalue weighted by molar-refractivity contribution is 8.19. The van der Waals surface area contributed by atoms with Gasteiger partial charge in [-0.1, -0.05) is 51.7 Å². The van der Waals surface area contributed by atoms with Crippen LogP contribution in [0.25, 0.3) is 0 Å². The maximum atomic E-state index is 8.95. The van der Waals surface area contributed by atoms with E-state index in [0.717, 1.165) is 13.1 Å². The highest BCUT2D eigenvalue weighted by Gasteiger charge is 2.08. The minimum absolute atomic E-state index is 0.627. The fourth-order valence-corrected chi connectivity index (χ4v) is 1.94. The van der Waals surface area contributed by atoms with E-state index >= 15 is 0 Å². The van der Waals surface area contributed by atoms with Gasteiger partial charge in [0.15, 0.2) is 4.32 Å². The van der Waals surface area contributed by atoms with Crippen molar-refractivity contribution in [1.82, 2.24) is 4.90 Å². The smallest absolute Gasteiger partial charge is 0.163 e. The van der Waals surface area contributed by atoms with E-state index in [-0.39, 0.29) is 0 Å². The summed E-state index contributed by atoms with van der Waals surface area (Å²) in [6.45, 7) is 6.37. The number of hydrogen-bond acceptors (Lipinski definition) is 3. The molecule has 0 aliphatic carbocycles. The van der Waals surface area contributed by atoms with Crippen LogP contribution in [0.4, 0.5) is 0 Å². The zero-order valence-corrected chi connectivity index (χ0v) is 11.5. The van der Waals surface area contributed by atoms with E-state index in [1.165, 1.54) is 38.5 Å². The largest absolute Gasteiger partial charge is 0.356 e. The average molecular weight is 249 g/mol. The Balaban J connectivity index is 3.79. The number of nitrogens with zero attached hydrogens (tertiary/aromatic N) is 1. The quantitative estimate of drug-likeness (QED) is 0.396. The predicted octanol–water partition coefficient (Wildman–Crippen LogP) is 4.16. The molecular weight excluding hydrogens is 226 g/mol. The van der Waals surface area contributed by atoms with Gasteiger partial charge in [-0.25, -0.2) is 0 Å². The van der Waals surface area contributed by atoms with E-state index in [2.05, 4.69) is 18.7 Å². The van der Waals surface area contributed by atoms with E-state index in [9.17, 15) is 0 Å². The van der Waals surface area contributed by atoms with Crippen LogP contribution in [-0.4, -0.2) is 26.9 Å². The maximum absolute atomic E-state index is 8.95. The summed E-state index contributed by atoms with van der Waals surface area (Å²) in [4.78, 5) is 2.13. The zero-order valence-electron chi connectivity index (χ0n) is 9.87. The van der Waals surface area contributed by atoms with Crippen molar-refractivity contribution in [2.45, 2.75) is 52.4 Å². The third-order valence-electron chi connectivity index (χ3n) is 2.40. The van der Waals surface area contributed by atoms with Gasteiger partial charge in [-0.3, -0.25) is 0 Å². The lowest BCUT2D eigenvalue weighted by Crippen LogP contribution is -2.29. The number of thiocarbonyl (C=S) groups is 1. The van der Waals surface area contributed by atoms with Gasteiger partial charge in [-0.15, -0.1) is 0 Å². The Morgan fingerprint density at radius 1 is 1.07 bits per heavy atom. The summed E-state index contributed by atoms with van der Waals surface area (Å²) in [5, 5.41) is 0. The first-order valence-corrected chi connectivity index (χ1v) is 7.04. The Bertz CT molecular complexity index is 155. The summed E-state index contributed by atoms with van der Waals surface area (Å²) in [7, 11) is 0. The van der Waals surface area contributed by atoms with Crippen LogP contribution < -0.4 is 0 Å². The van der Waals surface area contributed by atoms with Crippen LogP contribution in [0.15, 0.2) is 0 Å². The first-order valence-electron chi connectivity index (χ1n) is 5.86. The third-order valence-corrected chi connectivity index (χ3v) is 3.30. The van der Waals surface area contributed by atoms with E-state index < -0.39 is 0 Å². The van der Waals surface area contributed by atoms with Crippen molar-refractivity contribution in [3.8, 4) is 0 Å². The van der Waals surface area contributed by atoms with Gasteiger partial charge in [0.1, 0.15) is 0 Å². The number of hydrogen-bond donors (Lipinski definition) is 1. The lowest BCUT2D eigenvalue weighted by atomic mass is 10.2. The van der Waals surface area contributed by atoms with Gasteiger partial charge in [-0.05, 0) is 12.8 Å². The summed E-state index contributed by atoms with van der Waals surface area (Å²) in [5.74, 6) is 0. The molecule has 0 fully saturated rings. The van der Waals surface area contributed by atoms with Gasteiger partial charge < -0.3 is 9.45 Å². The van der Waals surface area contributed by atoms with Gasteiger partial charge in [0.2, 0.25) is 0 Å². The Morgan fingerprint density at radius 3 is 1.87 bits per heavy atom. The van der Waals surface area contributed by atoms with Gasteiger partial charge in [0, 0.05) is 13.1 Å². The van der Waals surface area contributed by atoms with Gasteiger partial charge in [0.05, 0.1) is 12.0 Å². The fourth-order valence-electron chi connectivity index (χ4n) is 1.46. The van der Waals surface area contributed by atoms with Crippen LogP contribution in [-0.2, 0) is 0 Å². The minimum Gasteiger partial charge on any atom is -0.356 e. The maximum Gasteiger partial charge on any atom is 0.163 e. The molecule has 0 amide bonds. The van der Waals surface area contributed by atoms with E-state index in [4.69, 9.17) is 16.8 Å². The van der Waals surface area contributed by atoms with Crippen LogP contribution >= 0.6 is 24.3 Å². The van der Waals surface area contributed by atoms with Crippen molar-refractivity contribution in [3.63, 3.8) is 0 Å². The normalized spacial score (nSPS) is 10.3. The molecule has 0 atom stereocenters. The highest BCUT2D eigenvalue weighted by Crippen LogP contribution is 2.09. The first-order chi connectivity index (χ1) is 7.26. The Kier molecular flexibility index (Phi) is 10.9. The summed E-state index contributed by atoms with van der Waals surface area (Å²) >= 11 is 5.82. The highest BCUT2D eigenvalue weighted by atomic mass is 32.2. The Hall–Kier alpha value is 0.200. The Morgan fingerprint density at radius 2 is 1.53 bits per heavy atom. The SMILES string of the molecule is CCCCCN(CCCCC)C(=S)SO. The predicted molar refractivity (Wildman–Crippen MR) is 73.4 cm³/mol. The molecule has 0 heterocycles. The molecule has 1 N–H and O–H groups in total. The van der Waals surface area contributed by atoms with Gasteiger partial charge in [-0.2, -0.15) is 0 Å². The molecule has 15 heavy (non-hydrogen) atoms. The van der Waals surface area contributed by atoms with E-state index in [1.807, 2.05) is 0 Å². The average Bonchev–Trinajstić information content (AvgIpc) is 2.26. The molecule has 4 heteroatoms. The second kappa shape index (κ2) is 10.7. The number of rotatable bonds is 8. The van der Waals surface area contributed by atoms with Crippen molar-refractivity contribution in [3.05, 3.63) is 0 Å². The van der Waals surface area contributed by atoms with Crippen molar-refractivity contribution in [2.75, 3.05) is 13.1 Å². The molecule has 0 spiro atoms. The van der Waals surface area contributed by atoms with Crippen LogP contribution in [0.3, 0.4) is 0 Å². The molecule has 2 nitrogen and oxygen atoms in total.